The molecule has 0 fully saturated rings. The molecule has 0 bridgehead atoms. The number of thioether (sulfide) groups is 1. The number of nitrogens with zero attached hydrogens (tertiary/aromatic N) is 2. The van der Waals surface area contributed by atoms with Crippen LogP contribution in [-0.4, -0.2) is 37.6 Å². The lowest BCUT2D eigenvalue weighted by Gasteiger charge is -2.09. The molecule has 0 saturated carbocycles. The van der Waals surface area contributed by atoms with Crippen LogP contribution in [0.25, 0.3) is 0 Å². The molecule has 7 nitrogen and oxygen atoms in total. The average Bonchev–Trinajstić information content (AvgIpc) is 2.58. The molecule has 0 spiro atoms. The van der Waals surface area contributed by atoms with E-state index in [1.807, 2.05) is 0 Å². The Hall–Kier alpha value is -1.28. The van der Waals surface area contributed by atoms with Crippen LogP contribution in [0.15, 0.2) is 9.95 Å². The molecule has 0 aliphatic carbocycles. The number of carbonyl (C=O) groups is 1. The van der Waals surface area contributed by atoms with E-state index in [1.54, 1.807) is 6.92 Å². The van der Waals surface area contributed by atoms with Crippen molar-refractivity contribution >= 4 is 17.7 Å². The van der Waals surface area contributed by atoms with E-state index in [4.69, 9.17) is 10.8 Å². The van der Waals surface area contributed by atoms with Gasteiger partial charge in [-0.15, -0.1) is 5.10 Å². The van der Waals surface area contributed by atoms with Gasteiger partial charge >= 0.3 is 11.7 Å². The van der Waals surface area contributed by atoms with Gasteiger partial charge in [0.15, 0.2) is 5.16 Å². The highest BCUT2D eigenvalue weighted by Gasteiger charge is 2.21. The van der Waals surface area contributed by atoms with Gasteiger partial charge in [0.2, 0.25) is 0 Å². The summed E-state index contributed by atoms with van der Waals surface area (Å²) in [6, 6.07) is 0. The maximum Gasteiger partial charge on any atom is 0.343 e. The van der Waals surface area contributed by atoms with Crippen molar-refractivity contribution in [1.82, 2.24) is 14.8 Å². The monoisotopic (exact) mass is 246 g/mol. The predicted octanol–water partition coefficient (Wildman–Crippen LogP) is -0.515. The Morgan fingerprint density at radius 3 is 2.94 bits per heavy atom. The van der Waals surface area contributed by atoms with Gasteiger partial charge in [0.05, 0.1) is 0 Å². The highest BCUT2D eigenvalue weighted by atomic mass is 32.2. The van der Waals surface area contributed by atoms with Crippen LogP contribution in [-0.2, 0) is 11.3 Å². The van der Waals surface area contributed by atoms with Gasteiger partial charge in [-0.2, -0.15) is 0 Å². The van der Waals surface area contributed by atoms with Crippen LogP contribution in [0, 0.1) is 0 Å². The van der Waals surface area contributed by atoms with Gasteiger partial charge in [-0.05, 0) is 19.9 Å². The van der Waals surface area contributed by atoms with Crippen LogP contribution in [0.1, 0.15) is 13.3 Å². The molecule has 1 aromatic rings. The van der Waals surface area contributed by atoms with Crippen LogP contribution in [0.5, 0.6) is 0 Å². The van der Waals surface area contributed by atoms with Gasteiger partial charge in [-0.25, -0.2) is 9.89 Å². The summed E-state index contributed by atoms with van der Waals surface area (Å²) in [4.78, 5) is 22.1. The molecule has 1 aromatic heterocycles. The molecular formula is C8H14N4O3S. The van der Waals surface area contributed by atoms with Gasteiger partial charge in [0, 0.05) is 6.54 Å². The fraction of sp³-hybridized carbons (Fsp3) is 0.625. The number of rotatable bonds is 6. The first-order valence-corrected chi connectivity index (χ1v) is 5.72. The Balaban J connectivity index is 2.84. The topological polar surface area (TPSA) is 114 Å². The Kier molecular flexibility index (Phi) is 4.56. The van der Waals surface area contributed by atoms with E-state index in [-0.39, 0.29) is 12.2 Å². The lowest BCUT2D eigenvalue weighted by Crippen LogP contribution is -2.22. The molecule has 90 valence electrons. The van der Waals surface area contributed by atoms with Gasteiger partial charge < -0.3 is 10.8 Å². The van der Waals surface area contributed by atoms with Crippen molar-refractivity contribution in [3.63, 3.8) is 0 Å². The molecule has 1 unspecified atom stereocenters. The van der Waals surface area contributed by atoms with E-state index >= 15 is 0 Å². The van der Waals surface area contributed by atoms with E-state index in [0.29, 0.717) is 18.1 Å². The summed E-state index contributed by atoms with van der Waals surface area (Å²) < 4.78 is 1.39. The van der Waals surface area contributed by atoms with E-state index in [2.05, 4.69) is 10.2 Å². The van der Waals surface area contributed by atoms with Crippen LogP contribution in [0.2, 0.25) is 0 Å². The largest absolute Gasteiger partial charge is 0.480 e. The van der Waals surface area contributed by atoms with Crippen LogP contribution in [0.3, 0.4) is 0 Å². The number of H-pyrrole nitrogens is 1. The van der Waals surface area contributed by atoms with Gasteiger partial charge in [0.1, 0.15) is 5.25 Å². The number of carboxylic acids is 1. The Morgan fingerprint density at radius 1 is 1.75 bits per heavy atom. The molecule has 0 aliphatic heterocycles. The summed E-state index contributed by atoms with van der Waals surface area (Å²) in [5.41, 5.74) is 4.99. The van der Waals surface area contributed by atoms with Crippen molar-refractivity contribution in [2.45, 2.75) is 30.3 Å². The molecule has 0 aliphatic rings. The molecule has 1 atom stereocenters. The molecular weight excluding hydrogens is 232 g/mol. The second kappa shape index (κ2) is 5.71. The van der Waals surface area contributed by atoms with Crippen molar-refractivity contribution in [3.8, 4) is 0 Å². The maximum absolute atomic E-state index is 11.2. The Morgan fingerprint density at radius 2 is 2.44 bits per heavy atom. The molecule has 0 aromatic carbocycles. The quantitative estimate of drug-likeness (QED) is 0.582. The molecule has 4 N–H and O–H groups in total. The predicted molar refractivity (Wildman–Crippen MR) is 59.5 cm³/mol. The SMILES string of the molecule is CCn1c(SC(CCN)C(=O)O)n[nH]c1=O. The minimum absolute atomic E-state index is 0.282. The zero-order valence-electron chi connectivity index (χ0n) is 8.84. The fourth-order valence-electron chi connectivity index (χ4n) is 1.18. The number of aromatic amines is 1. The number of hydrogen-bond acceptors (Lipinski definition) is 5. The van der Waals surface area contributed by atoms with E-state index < -0.39 is 11.2 Å². The highest BCUT2D eigenvalue weighted by Crippen LogP contribution is 2.22. The Labute approximate surface area is 96.0 Å². The van der Waals surface area contributed by atoms with Crippen molar-refractivity contribution < 1.29 is 9.90 Å². The summed E-state index contributed by atoms with van der Waals surface area (Å²) >= 11 is 1.03. The first-order chi connectivity index (χ1) is 7.60. The van der Waals surface area contributed by atoms with Gasteiger partial charge in [-0.3, -0.25) is 9.36 Å². The number of aromatic nitrogens is 3. The number of hydrogen-bond donors (Lipinski definition) is 3. The molecule has 0 saturated heterocycles. The third-order valence-corrected chi connectivity index (χ3v) is 3.24. The zero-order valence-corrected chi connectivity index (χ0v) is 9.66. The second-order valence-electron chi connectivity index (χ2n) is 3.08. The van der Waals surface area contributed by atoms with E-state index in [0.717, 1.165) is 11.8 Å². The molecule has 0 radical (unpaired) electrons. The number of nitrogens with one attached hydrogen (secondary N) is 1. The van der Waals surface area contributed by atoms with E-state index in [9.17, 15) is 9.59 Å². The van der Waals surface area contributed by atoms with Crippen LogP contribution < -0.4 is 11.4 Å². The minimum Gasteiger partial charge on any atom is -0.480 e. The third-order valence-electron chi connectivity index (χ3n) is 1.99. The fourth-order valence-corrected chi connectivity index (χ4v) is 2.23. The molecule has 0 amide bonds. The first-order valence-electron chi connectivity index (χ1n) is 4.84. The number of nitrogens with two attached hydrogens (primary N) is 1. The van der Waals surface area contributed by atoms with E-state index in [1.165, 1.54) is 4.57 Å². The van der Waals surface area contributed by atoms with Crippen molar-refractivity contribution in [1.29, 1.82) is 0 Å². The van der Waals surface area contributed by atoms with Crippen LogP contribution in [0.4, 0.5) is 0 Å². The van der Waals surface area contributed by atoms with Gasteiger partial charge in [0.25, 0.3) is 0 Å². The second-order valence-corrected chi connectivity index (χ2v) is 4.25. The lowest BCUT2D eigenvalue weighted by atomic mass is 10.3. The van der Waals surface area contributed by atoms with Crippen LogP contribution >= 0.6 is 11.8 Å². The minimum atomic E-state index is -0.950. The van der Waals surface area contributed by atoms with Crippen molar-refractivity contribution in [3.05, 3.63) is 10.5 Å². The Bertz CT molecular complexity index is 414. The highest BCUT2D eigenvalue weighted by molar-refractivity contribution is 8.00. The zero-order chi connectivity index (χ0) is 12.1. The molecule has 1 rings (SSSR count). The number of aliphatic carboxylic acids is 1. The number of carboxylic acid groups (broad SMARTS) is 1. The summed E-state index contributed by atoms with van der Waals surface area (Å²) in [7, 11) is 0. The summed E-state index contributed by atoms with van der Waals surface area (Å²) in [6.45, 7) is 2.52. The summed E-state index contributed by atoms with van der Waals surface area (Å²) in [5, 5.41) is 14.7. The standard InChI is InChI=1S/C8H14N4O3S/c1-2-12-7(15)10-11-8(12)16-5(3-4-9)6(13)14/h5H,2-4,9H2,1H3,(H,10,15)(H,13,14). The molecule has 16 heavy (non-hydrogen) atoms. The first kappa shape index (κ1) is 12.8. The lowest BCUT2D eigenvalue weighted by molar-refractivity contribution is -0.136. The molecule has 8 heteroatoms. The maximum atomic E-state index is 11.2. The summed E-state index contributed by atoms with van der Waals surface area (Å²) in [6.07, 6.45) is 0.338. The smallest absolute Gasteiger partial charge is 0.343 e. The average molecular weight is 246 g/mol. The van der Waals surface area contributed by atoms with Crippen molar-refractivity contribution in [2.24, 2.45) is 5.73 Å². The molecule has 1 heterocycles. The summed E-state index contributed by atoms with van der Waals surface area (Å²) in [5.74, 6) is -0.950. The third kappa shape index (κ3) is 2.86. The van der Waals surface area contributed by atoms with Crippen molar-refractivity contribution in [2.75, 3.05) is 6.54 Å². The normalized spacial score (nSPS) is 12.6. The van der Waals surface area contributed by atoms with Gasteiger partial charge in [-0.1, -0.05) is 11.8 Å².